The van der Waals surface area contributed by atoms with Gasteiger partial charge in [-0.25, -0.2) is 0 Å². The molecule has 0 aliphatic heterocycles. The zero-order chi connectivity index (χ0) is 48.6. The first kappa shape index (κ1) is 64.8. The van der Waals surface area contributed by atoms with Crippen LogP contribution in [0, 0.1) is 0 Å². The fraction of sp³-hybridized carbons (Fsp3) is 0.836. The van der Waals surface area contributed by atoms with Crippen molar-refractivity contribution in [1.82, 2.24) is 5.32 Å². The third kappa shape index (κ3) is 53.0. The molecule has 1 amide bonds. The van der Waals surface area contributed by atoms with E-state index in [-0.39, 0.29) is 18.5 Å². The standard InChI is InChI=1S/C61H113NO5/c1-3-5-7-9-11-13-15-17-19-20-21-22-23-26-29-33-37-41-45-49-53-59(64)58(57-63)62-60(65)54-50-46-42-38-34-30-27-24-28-32-36-40-44-48-52-56-67-61(66)55-51-47-43-39-35-31-25-18-16-14-12-10-8-6-4-2/h12,14,18,25,28,32,49,53,58-59,63-64H,3-11,13,15-17,19-24,26-27,29-31,33-48,50-52,54-57H2,1-2H3,(H,62,65)/b14-12-,25-18-,32-28-,53-49+. The Hall–Kier alpha value is -2.18. The van der Waals surface area contributed by atoms with Crippen molar-refractivity contribution in [1.29, 1.82) is 0 Å². The lowest BCUT2D eigenvalue weighted by atomic mass is 10.0. The van der Waals surface area contributed by atoms with Crippen molar-refractivity contribution < 1.29 is 24.5 Å². The molecule has 0 saturated heterocycles. The van der Waals surface area contributed by atoms with Gasteiger partial charge in [0, 0.05) is 12.8 Å². The quantitative estimate of drug-likeness (QED) is 0.0321. The van der Waals surface area contributed by atoms with E-state index in [2.05, 4.69) is 55.6 Å². The molecule has 6 nitrogen and oxygen atoms in total. The van der Waals surface area contributed by atoms with E-state index in [1.165, 1.54) is 193 Å². The Balaban J connectivity index is 3.52. The average molecular weight is 941 g/mol. The first-order valence-corrected chi connectivity index (χ1v) is 29.4. The molecule has 0 radical (unpaired) electrons. The molecule has 392 valence electrons. The predicted octanol–water partition coefficient (Wildman–Crippen LogP) is 18.2. The van der Waals surface area contributed by atoms with Crippen LogP contribution in [0.2, 0.25) is 0 Å². The summed E-state index contributed by atoms with van der Waals surface area (Å²) in [6, 6.07) is -0.641. The number of unbranched alkanes of at least 4 members (excludes halogenated alkanes) is 37. The van der Waals surface area contributed by atoms with E-state index in [0.29, 0.717) is 19.4 Å². The van der Waals surface area contributed by atoms with Crippen molar-refractivity contribution in [2.45, 2.75) is 315 Å². The number of ether oxygens (including phenoxy) is 1. The maximum Gasteiger partial charge on any atom is 0.305 e. The third-order valence-electron chi connectivity index (χ3n) is 13.3. The van der Waals surface area contributed by atoms with Crippen molar-refractivity contribution in [2.75, 3.05) is 13.2 Å². The minimum atomic E-state index is -0.857. The summed E-state index contributed by atoms with van der Waals surface area (Å²) in [5.41, 5.74) is 0. The maximum absolute atomic E-state index is 12.5. The second-order valence-corrected chi connectivity index (χ2v) is 20.0. The highest BCUT2D eigenvalue weighted by Crippen LogP contribution is 2.16. The number of aliphatic hydroxyl groups excluding tert-OH is 2. The van der Waals surface area contributed by atoms with Crippen molar-refractivity contribution in [3.8, 4) is 0 Å². The van der Waals surface area contributed by atoms with Crippen LogP contribution in [0.1, 0.15) is 303 Å². The molecule has 0 bridgehead atoms. The summed E-state index contributed by atoms with van der Waals surface area (Å²) in [7, 11) is 0. The smallest absolute Gasteiger partial charge is 0.305 e. The van der Waals surface area contributed by atoms with E-state index < -0.39 is 12.1 Å². The van der Waals surface area contributed by atoms with E-state index in [1.54, 1.807) is 6.08 Å². The molecule has 0 aromatic rings. The minimum absolute atomic E-state index is 0.0254. The first-order chi connectivity index (χ1) is 33.0. The van der Waals surface area contributed by atoms with Crippen LogP contribution < -0.4 is 5.32 Å². The molecular formula is C61H113NO5. The van der Waals surface area contributed by atoms with E-state index in [1.807, 2.05) is 6.08 Å². The molecule has 0 aliphatic carbocycles. The van der Waals surface area contributed by atoms with Crippen LogP contribution in [0.4, 0.5) is 0 Å². The molecule has 0 aromatic heterocycles. The summed E-state index contributed by atoms with van der Waals surface area (Å²) in [5.74, 6) is -0.108. The summed E-state index contributed by atoms with van der Waals surface area (Å²) in [4.78, 5) is 24.5. The Bertz CT molecular complexity index is 1130. The Kier molecular flexibility index (Phi) is 54.6. The molecule has 6 heteroatoms. The highest BCUT2D eigenvalue weighted by molar-refractivity contribution is 5.76. The summed E-state index contributed by atoms with van der Waals surface area (Å²) in [6.07, 6.45) is 71.3. The molecule has 0 spiro atoms. The van der Waals surface area contributed by atoms with Crippen LogP contribution >= 0.6 is 0 Å². The van der Waals surface area contributed by atoms with Crippen LogP contribution in [0.3, 0.4) is 0 Å². The van der Waals surface area contributed by atoms with Gasteiger partial charge in [-0.2, -0.15) is 0 Å². The molecular weight excluding hydrogens is 827 g/mol. The van der Waals surface area contributed by atoms with Gasteiger partial charge in [0.1, 0.15) is 0 Å². The van der Waals surface area contributed by atoms with Crippen molar-refractivity contribution in [2.24, 2.45) is 0 Å². The number of aliphatic hydroxyl groups is 2. The lowest BCUT2D eigenvalue weighted by Crippen LogP contribution is -2.45. The number of nitrogens with one attached hydrogen (secondary N) is 1. The largest absolute Gasteiger partial charge is 0.466 e. The summed E-state index contributed by atoms with van der Waals surface area (Å²) in [5, 5.41) is 23.2. The van der Waals surface area contributed by atoms with Gasteiger partial charge in [-0.1, -0.05) is 249 Å². The molecule has 67 heavy (non-hydrogen) atoms. The second kappa shape index (κ2) is 56.4. The number of rotatable bonds is 54. The van der Waals surface area contributed by atoms with E-state index >= 15 is 0 Å². The fourth-order valence-electron chi connectivity index (χ4n) is 8.78. The highest BCUT2D eigenvalue weighted by atomic mass is 16.5. The van der Waals surface area contributed by atoms with Gasteiger partial charge in [0.15, 0.2) is 0 Å². The van der Waals surface area contributed by atoms with Gasteiger partial charge in [-0.15, -0.1) is 0 Å². The Morgan fingerprint density at radius 3 is 1.18 bits per heavy atom. The second-order valence-electron chi connectivity index (χ2n) is 20.0. The lowest BCUT2D eigenvalue weighted by molar-refractivity contribution is -0.143. The van der Waals surface area contributed by atoms with Crippen LogP contribution in [0.25, 0.3) is 0 Å². The molecule has 0 fully saturated rings. The first-order valence-electron chi connectivity index (χ1n) is 29.4. The number of carbonyl (C=O) groups is 2. The van der Waals surface area contributed by atoms with Gasteiger partial charge in [0.05, 0.1) is 25.4 Å². The summed E-state index contributed by atoms with van der Waals surface area (Å²) < 4.78 is 5.45. The predicted molar refractivity (Wildman–Crippen MR) is 292 cm³/mol. The molecule has 3 N–H and O–H groups in total. The molecule has 0 rings (SSSR count). The van der Waals surface area contributed by atoms with Crippen LogP contribution in [0.5, 0.6) is 0 Å². The zero-order valence-electron chi connectivity index (χ0n) is 44.6. The number of carbonyl (C=O) groups excluding carboxylic acids is 2. The molecule has 0 heterocycles. The van der Waals surface area contributed by atoms with Crippen molar-refractivity contribution in [3.63, 3.8) is 0 Å². The van der Waals surface area contributed by atoms with Gasteiger partial charge in [-0.3, -0.25) is 9.59 Å². The van der Waals surface area contributed by atoms with Crippen LogP contribution in [0.15, 0.2) is 48.6 Å². The normalized spacial score (nSPS) is 13.0. The Labute approximate surface area is 416 Å². The molecule has 0 aliphatic rings. The molecule has 2 atom stereocenters. The maximum atomic E-state index is 12.5. The minimum Gasteiger partial charge on any atom is -0.466 e. The SMILES string of the molecule is CCCCC/C=C\C/C=C\CCCCCCCC(=O)OCCCCCC/C=C\CCCCCCCCCC(=O)NC(CO)C(O)/C=C/CCCCCCCCCCCCCCCCCCCC. The number of allylic oxidation sites excluding steroid dienone is 7. The lowest BCUT2D eigenvalue weighted by Gasteiger charge is -2.20. The molecule has 0 saturated carbocycles. The van der Waals surface area contributed by atoms with Gasteiger partial charge in [-0.05, 0) is 89.9 Å². The fourth-order valence-corrected chi connectivity index (χ4v) is 8.78. The number of amides is 1. The Morgan fingerprint density at radius 2 is 0.746 bits per heavy atom. The van der Waals surface area contributed by atoms with Crippen LogP contribution in [-0.4, -0.2) is 47.4 Å². The Morgan fingerprint density at radius 1 is 0.418 bits per heavy atom. The van der Waals surface area contributed by atoms with Gasteiger partial charge in [0.2, 0.25) is 5.91 Å². The molecule has 2 unspecified atom stereocenters. The third-order valence-corrected chi connectivity index (χ3v) is 13.3. The van der Waals surface area contributed by atoms with Crippen molar-refractivity contribution >= 4 is 11.9 Å². The van der Waals surface area contributed by atoms with E-state index in [4.69, 9.17) is 4.74 Å². The monoisotopic (exact) mass is 940 g/mol. The van der Waals surface area contributed by atoms with Gasteiger partial charge < -0.3 is 20.3 Å². The zero-order valence-corrected chi connectivity index (χ0v) is 44.6. The number of esters is 1. The summed E-state index contributed by atoms with van der Waals surface area (Å²) in [6.45, 7) is 4.84. The van der Waals surface area contributed by atoms with Crippen LogP contribution in [-0.2, 0) is 14.3 Å². The highest BCUT2D eigenvalue weighted by Gasteiger charge is 2.18. The van der Waals surface area contributed by atoms with Gasteiger partial charge in [0.25, 0.3) is 0 Å². The summed E-state index contributed by atoms with van der Waals surface area (Å²) >= 11 is 0. The van der Waals surface area contributed by atoms with E-state index in [0.717, 1.165) is 83.5 Å². The van der Waals surface area contributed by atoms with Crippen molar-refractivity contribution in [3.05, 3.63) is 48.6 Å². The topological polar surface area (TPSA) is 95.9 Å². The average Bonchev–Trinajstić information content (AvgIpc) is 3.33. The number of hydrogen-bond donors (Lipinski definition) is 3. The molecule has 0 aromatic carbocycles. The van der Waals surface area contributed by atoms with E-state index in [9.17, 15) is 19.8 Å². The number of hydrogen-bond acceptors (Lipinski definition) is 5. The van der Waals surface area contributed by atoms with Gasteiger partial charge >= 0.3 is 5.97 Å².